The van der Waals surface area contributed by atoms with E-state index in [0.29, 0.717) is 13.1 Å². The third-order valence-corrected chi connectivity index (χ3v) is 5.73. The smallest absolute Gasteiger partial charge is 0.234 e. The van der Waals surface area contributed by atoms with Gasteiger partial charge in [0.15, 0.2) is 0 Å². The molecule has 1 atom stereocenters. The Bertz CT molecular complexity index is 810. The molecule has 1 fully saturated rings. The van der Waals surface area contributed by atoms with Gasteiger partial charge < -0.3 is 9.73 Å². The maximum atomic E-state index is 12.3. The number of rotatable bonds is 5. The second-order valence-corrected chi connectivity index (χ2v) is 7.42. The molecule has 1 aromatic carbocycles. The Morgan fingerprint density at radius 2 is 2.20 bits per heavy atom. The topological polar surface area (TPSA) is 58.4 Å². The number of fused-ring (bicyclic) bond motifs is 1. The average Bonchev–Trinajstić information content (AvgIpc) is 3.30. The number of carbonyl (C=O) groups is 1. The van der Waals surface area contributed by atoms with Crippen molar-refractivity contribution in [2.24, 2.45) is 0 Å². The Hall–Kier alpha value is -2.18. The number of piperidine rings is 1. The third kappa shape index (κ3) is 3.75. The fourth-order valence-corrected chi connectivity index (χ4v) is 4.47. The molecule has 0 saturated carbocycles. The molecule has 0 spiro atoms. The lowest BCUT2D eigenvalue weighted by atomic mass is 10.0. The van der Waals surface area contributed by atoms with Gasteiger partial charge in [0.05, 0.1) is 35.6 Å². The van der Waals surface area contributed by atoms with Crippen LogP contribution in [-0.2, 0) is 11.3 Å². The van der Waals surface area contributed by atoms with Gasteiger partial charge in [-0.05, 0) is 43.7 Å². The number of aromatic nitrogens is 1. The monoisotopic (exact) mass is 355 g/mol. The van der Waals surface area contributed by atoms with Crippen LogP contribution in [0, 0.1) is 0 Å². The van der Waals surface area contributed by atoms with Crippen molar-refractivity contribution < 1.29 is 9.21 Å². The molecule has 25 heavy (non-hydrogen) atoms. The van der Waals surface area contributed by atoms with Gasteiger partial charge >= 0.3 is 0 Å². The van der Waals surface area contributed by atoms with Crippen molar-refractivity contribution in [3.8, 4) is 0 Å². The largest absolute Gasteiger partial charge is 0.467 e. The Morgan fingerprint density at radius 3 is 3.04 bits per heavy atom. The zero-order valence-corrected chi connectivity index (χ0v) is 14.8. The summed E-state index contributed by atoms with van der Waals surface area (Å²) in [7, 11) is 0. The van der Waals surface area contributed by atoms with Gasteiger partial charge in [0, 0.05) is 0 Å². The fourth-order valence-electron chi connectivity index (χ4n) is 3.33. The van der Waals surface area contributed by atoms with Gasteiger partial charge in [-0.2, -0.15) is 0 Å². The number of hydrogen-bond acceptors (Lipinski definition) is 5. The molecule has 0 radical (unpaired) electrons. The van der Waals surface area contributed by atoms with E-state index < -0.39 is 0 Å². The highest BCUT2D eigenvalue weighted by atomic mass is 32.1. The number of furan rings is 1. The molecule has 5 nitrogen and oxygen atoms in total. The molecule has 6 heteroatoms. The number of nitrogens with one attached hydrogen (secondary N) is 1. The predicted octanol–water partition coefficient (Wildman–Crippen LogP) is 3.73. The minimum absolute atomic E-state index is 0.0319. The number of carbonyl (C=O) groups excluding carboxylic acids is 1. The quantitative estimate of drug-likeness (QED) is 0.757. The molecule has 1 aliphatic rings. The van der Waals surface area contributed by atoms with E-state index in [-0.39, 0.29) is 11.9 Å². The van der Waals surface area contributed by atoms with Crippen molar-refractivity contribution >= 4 is 27.5 Å². The van der Waals surface area contributed by atoms with Crippen LogP contribution in [0.4, 0.5) is 0 Å². The summed E-state index contributed by atoms with van der Waals surface area (Å²) in [6, 6.07) is 12.2. The number of likely N-dealkylation sites (tertiary alicyclic amines) is 1. The highest BCUT2D eigenvalue weighted by Crippen LogP contribution is 2.35. The van der Waals surface area contributed by atoms with Crippen LogP contribution >= 0.6 is 11.3 Å². The highest BCUT2D eigenvalue weighted by Gasteiger charge is 2.28. The van der Waals surface area contributed by atoms with Crippen LogP contribution in [0.15, 0.2) is 47.1 Å². The first kappa shape index (κ1) is 16.3. The molecule has 3 aromatic rings. The predicted molar refractivity (Wildman–Crippen MR) is 98.3 cm³/mol. The number of para-hydroxylation sites is 1. The molecule has 3 heterocycles. The summed E-state index contributed by atoms with van der Waals surface area (Å²) in [6.45, 7) is 1.78. The summed E-state index contributed by atoms with van der Waals surface area (Å²) >= 11 is 1.75. The molecule has 1 aliphatic heterocycles. The minimum Gasteiger partial charge on any atom is -0.467 e. The van der Waals surface area contributed by atoms with Crippen molar-refractivity contribution in [3.63, 3.8) is 0 Å². The van der Waals surface area contributed by atoms with Crippen molar-refractivity contribution in [1.82, 2.24) is 15.2 Å². The first-order valence-electron chi connectivity index (χ1n) is 8.68. The minimum atomic E-state index is 0.0319. The van der Waals surface area contributed by atoms with Gasteiger partial charge in [0.2, 0.25) is 5.91 Å². The number of thiazole rings is 1. The number of benzene rings is 1. The van der Waals surface area contributed by atoms with E-state index in [1.165, 1.54) is 11.1 Å². The van der Waals surface area contributed by atoms with Crippen molar-refractivity contribution in [3.05, 3.63) is 53.4 Å². The molecule has 4 rings (SSSR count). The van der Waals surface area contributed by atoms with Crippen molar-refractivity contribution in [2.75, 3.05) is 13.1 Å². The third-order valence-electron chi connectivity index (χ3n) is 4.60. The number of amides is 1. The average molecular weight is 355 g/mol. The summed E-state index contributed by atoms with van der Waals surface area (Å²) in [6.07, 6.45) is 5.00. The highest BCUT2D eigenvalue weighted by molar-refractivity contribution is 7.18. The number of nitrogens with zero attached hydrogens (tertiary/aromatic N) is 2. The van der Waals surface area contributed by atoms with Crippen molar-refractivity contribution in [2.45, 2.75) is 31.8 Å². The molecule has 1 N–H and O–H groups in total. The van der Waals surface area contributed by atoms with Crippen LogP contribution in [-0.4, -0.2) is 28.9 Å². The lowest BCUT2D eigenvalue weighted by molar-refractivity contribution is -0.123. The Kier molecular flexibility index (Phi) is 4.81. The van der Waals surface area contributed by atoms with Gasteiger partial charge in [-0.25, -0.2) is 4.98 Å². The second kappa shape index (κ2) is 7.37. The molecule has 0 aliphatic carbocycles. The van der Waals surface area contributed by atoms with Crippen LogP contribution in [0.2, 0.25) is 0 Å². The molecular formula is C19H21N3O2S. The van der Waals surface area contributed by atoms with E-state index in [1.807, 2.05) is 24.3 Å². The molecular weight excluding hydrogens is 334 g/mol. The van der Waals surface area contributed by atoms with E-state index in [1.54, 1.807) is 17.6 Å². The van der Waals surface area contributed by atoms with Gasteiger partial charge in [-0.1, -0.05) is 18.6 Å². The van der Waals surface area contributed by atoms with Crippen LogP contribution in [0.25, 0.3) is 10.2 Å². The maximum Gasteiger partial charge on any atom is 0.234 e. The Balaban J connectivity index is 1.44. The lowest BCUT2D eigenvalue weighted by Crippen LogP contribution is -2.41. The van der Waals surface area contributed by atoms with E-state index in [0.717, 1.165) is 35.7 Å². The normalized spacial score (nSPS) is 18.5. The van der Waals surface area contributed by atoms with Crippen LogP contribution in [0.1, 0.15) is 36.1 Å². The summed E-state index contributed by atoms with van der Waals surface area (Å²) in [4.78, 5) is 19.4. The Morgan fingerprint density at radius 1 is 1.28 bits per heavy atom. The van der Waals surface area contributed by atoms with Crippen LogP contribution in [0.3, 0.4) is 0 Å². The van der Waals surface area contributed by atoms with E-state index in [9.17, 15) is 4.79 Å². The zero-order chi connectivity index (χ0) is 17.1. The summed E-state index contributed by atoms with van der Waals surface area (Å²) in [5.74, 6) is 0.805. The molecule has 0 unspecified atom stereocenters. The summed E-state index contributed by atoms with van der Waals surface area (Å²) in [5.41, 5.74) is 1.05. The van der Waals surface area contributed by atoms with Gasteiger partial charge in [0.25, 0.3) is 0 Å². The number of hydrogen-bond donors (Lipinski definition) is 1. The first-order valence-corrected chi connectivity index (χ1v) is 9.50. The summed E-state index contributed by atoms with van der Waals surface area (Å²) < 4.78 is 6.47. The molecule has 0 bridgehead atoms. The Labute approximate surface area is 150 Å². The second-order valence-electron chi connectivity index (χ2n) is 6.36. The standard InChI is InChI=1S/C19H21N3O2S/c23-18(20-12-14-6-5-11-24-14)13-22-10-4-3-8-16(22)19-21-15-7-1-2-9-17(15)25-19/h1-2,5-7,9,11,16H,3-4,8,10,12-13H2,(H,20,23)/t16-/m1/s1. The fraction of sp³-hybridized carbons (Fsp3) is 0.368. The van der Waals surface area contributed by atoms with Crippen molar-refractivity contribution in [1.29, 1.82) is 0 Å². The SMILES string of the molecule is O=C(CN1CCCC[C@@H]1c1nc2ccccc2s1)NCc1ccco1. The molecule has 1 amide bonds. The van der Waals surface area contributed by atoms with Crippen LogP contribution < -0.4 is 5.32 Å². The van der Waals surface area contributed by atoms with Crippen LogP contribution in [0.5, 0.6) is 0 Å². The summed E-state index contributed by atoms with van der Waals surface area (Å²) in [5, 5.41) is 4.06. The van der Waals surface area contributed by atoms with E-state index in [4.69, 9.17) is 9.40 Å². The van der Waals surface area contributed by atoms with E-state index >= 15 is 0 Å². The molecule has 2 aromatic heterocycles. The molecule has 1 saturated heterocycles. The first-order chi connectivity index (χ1) is 12.3. The zero-order valence-electron chi connectivity index (χ0n) is 14.0. The maximum absolute atomic E-state index is 12.3. The lowest BCUT2D eigenvalue weighted by Gasteiger charge is -2.33. The molecule has 130 valence electrons. The van der Waals surface area contributed by atoms with Gasteiger partial charge in [-0.15, -0.1) is 11.3 Å². The van der Waals surface area contributed by atoms with Gasteiger partial charge in [-0.3, -0.25) is 9.69 Å². The van der Waals surface area contributed by atoms with E-state index in [2.05, 4.69) is 22.3 Å². The van der Waals surface area contributed by atoms with Gasteiger partial charge in [0.1, 0.15) is 10.8 Å².